The minimum absolute atomic E-state index is 0.0408. The van der Waals surface area contributed by atoms with Gasteiger partial charge in [0.15, 0.2) is 0 Å². The number of aromatic nitrogens is 1. The van der Waals surface area contributed by atoms with Crippen molar-refractivity contribution >= 4 is 28.5 Å². The number of anilines is 1. The van der Waals surface area contributed by atoms with E-state index in [1.807, 2.05) is 41.0 Å². The van der Waals surface area contributed by atoms with Gasteiger partial charge in [0.25, 0.3) is 0 Å². The second-order valence-corrected chi connectivity index (χ2v) is 6.81. The Morgan fingerprint density at radius 3 is 2.56 bits per heavy atom. The predicted molar refractivity (Wildman–Crippen MR) is 105 cm³/mol. The molecule has 1 saturated heterocycles. The molecule has 2 aromatic rings. The molecule has 0 atom stereocenters. The minimum Gasteiger partial charge on any atom is -0.480 e. The van der Waals surface area contributed by atoms with Crippen molar-refractivity contribution in [1.82, 2.24) is 19.8 Å². The Labute approximate surface area is 158 Å². The van der Waals surface area contributed by atoms with Gasteiger partial charge in [0, 0.05) is 64.8 Å². The number of carbonyl (C=O) groups is 2. The Balaban J connectivity index is 1.62. The molecule has 8 heteroatoms. The molecule has 1 aromatic heterocycles. The summed E-state index contributed by atoms with van der Waals surface area (Å²) in [6.45, 7) is 3.06. The monoisotopic (exact) mass is 373 g/mol. The first-order valence-corrected chi connectivity index (χ1v) is 9.20. The lowest BCUT2D eigenvalue weighted by Crippen LogP contribution is -2.50. The summed E-state index contributed by atoms with van der Waals surface area (Å²) in [4.78, 5) is 27.1. The number of aryl methyl sites for hydroxylation is 1. The Morgan fingerprint density at radius 1 is 1.19 bits per heavy atom. The number of hydrogen-bond donors (Lipinski definition) is 2. The lowest BCUT2D eigenvalue weighted by atomic mass is 10.2. The van der Waals surface area contributed by atoms with Crippen LogP contribution in [-0.2, 0) is 16.1 Å². The number of rotatable bonds is 7. The second-order valence-electron chi connectivity index (χ2n) is 6.81. The smallest absolute Gasteiger partial charge is 0.317 e. The first kappa shape index (κ1) is 19.2. The van der Waals surface area contributed by atoms with Gasteiger partial charge >= 0.3 is 5.97 Å². The number of hydrogen-bond acceptors (Lipinski definition) is 5. The number of hydrazine groups is 1. The number of amides is 1. The van der Waals surface area contributed by atoms with E-state index in [1.54, 1.807) is 0 Å². The second kappa shape index (κ2) is 8.41. The highest BCUT2D eigenvalue weighted by atomic mass is 16.4. The lowest BCUT2D eigenvalue weighted by molar-refractivity contribution is -0.139. The van der Waals surface area contributed by atoms with E-state index in [-0.39, 0.29) is 12.5 Å². The molecule has 146 valence electrons. The van der Waals surface area contributed by atoms with Crippen molar-refractivity contribution in [3.8, 4) is 0 Å². The molecule has 1 amide bonds. The maximum absolute atomic E-state index is 12.6. The van der Waals surface area contributed by atoms with Crippen molar-refractivity contribution in [2.45, 2.75) is 13.0 Å². The van der Waals surface area contributed by atoms with Crippen LogP contribution in [0.3, 0.4) is 0 Å². The van der Waals surface area contributed by atoms with Crippen LogP contribution in [0.15, 0.2) is 30.5 Å². The van der Waals surface area contributed by atoms with E-state index in [0.29, 0.717) is 39.1 Å². The van der Waals surface area contributed by atoms with E-state index >= 15 is 0 Å². The molecular formula is C19H27N5O3. The van der Waals surface area contributed by atoms with E-state index in [4.69, 9.17) is 5.11 Å². The van der Waals surface area contributed by atoms with Crippen LogP contribution in [0, 0.1) is 0 Å². The van der Waals surface area contributed by atoms with Crippen LogP contribution in [-0.4, -0.2) is 78.2 Å². The summed E-state index contributed by atoms with van der Waals surface area (Å²) in [6.07, 6.45) is 2.50. The molecule has 0 aliphatic carbocycles. The number of aliphatic carboxylic acids is 1. The van der Waals surface area contributed by atoms with E-state index < -0.39 is 5.97 Å². The van der Waals surface area contributed by atoms with Crippen molar-refractivity contribution in [2.24, 2.45) is 0 Å². The van der Waals surface area contributed by atoms with E-state index in [2.05, 4.69) is 28.3 Å². The Hall–Kier alpha value is -2.58. The molecule has 2 N–H and O–H groups in total. The average molecular weight is 373 g/mol. The fourth-order valence-electron chi connectivity index (χ4n) is 3.52. The third-order valence-corrected chi connectivity index (χ3v) is 5.11. The quantitative estimate of drug-likeness (QED) is 0.700. The van der Waals surface area contributed by atoms with Gasteiger partial charge in [0.05, 0.1) is 17.7 Å². The Kier molecular flexibility index (Phi) is 5.98. The number of piperazine rings is 1. The van der Waals surface area contributed by atoms with Gasteiger partial charge in [0.1, 0.15) is 0 Å². The molecule has 0 spiro atoms. The third-order valence-electron chi connectivity index (χ3n) is 5.11. The molecule has 3 rings (SSSR count). The van der Waals surface area contributed by atoms with Crippen LogP contribution in [0.1, 0.15) is 6.42 Å². The Bertz CT molecular complexity index is 811. The zero-order valence-electron chi connectivity index (χ0n) is 15.9. The summed E-state index contributed by atoms with van der Waals surface area (Å²) in [6, 6.07) is 8.17. The maximum Gasteiger partial charge on any atom is 0.317 e. The van der Waals surface area contributed by atoms with Crippen LogP contribution in [0.2, 0.25) is 0 Å². The van der Waals surface area contributed by atoms with Crippen LogP contribution < -0.4 is 10.4 Å². The van der Waals surface area contributed by atoms with Crippen LogP contribution in [0.25, 0.3) is 10.9 Å². The van der Waals surface area contributed by atoms with Crippen LogP contribution >= 0.6 is 0 Å². The zero-order chi connectivity index (χ0) is 19.4. The van der Waals surface area contributed by atoms with Gasteiger partial charge < -0.3 is 19.6 Å². The first-order chi connectivity index (χ1) is 13.0. The van der Waals surface area contributed by atoms with Gasteiger partial charge in [-0.15, -0.1) is 0 Å². The molecule has 8 nitrogen and oxygen atoms in total. The standard InChI is InChI=1S/C19H27N5O3/c1-20-21(2)17-13-24(16-6-4-3-5-15(16)17)8-7-18(25)23-11-9-22(10-12-23)14-19(26)27/h3-6,13,20H,7-12,14H2,1-2H3,(H,26,27). The molecule has 1 fully saturated rings. The van der Waals surface area contributed by atoms with Crippen molar-refractivity contribution in [3.63, 3.8) is 0 Å². The molecule has 0 radical (unpaired) electrons. The summed E-state index contributed by atoms with van der Waals surface area (Å²) in [5.74, 6) is -0.706. The summed E-state index contributed by atoms with van der Waals surface area (Å²) in [7, 11) is 3.84. The molecule has 27 heavy (non-hydrogen) atoms. The highest BCUT2D eigenvalue weighted by Gasteiger charge is 2.22. The highest BCUT2D eigenvalue weighted by molar-refractivity contribution is 5.93. The molecule has 1 aliphatic heterocycles. The third kappa shape index (κ3) is 4.40. The van der Waals surface area contributed by atoms with Gasteiger partial charge in [-0.3, -0.25) is 14.5 Å². The van der Waals surface area contributed by atoms with E-state index in [9.17, 15) is 9.59 Å². The number of nitrogens with one attached hydrogen (secondary N) is 1. The van der Waals surface area contributed by atoms with Gasteiger partial charge in [-0.2, -0.15) is 0 Å². The lowest BCUT2D eigenvalue weighted by Gasteiger charge is -2.33. The first-order valence-electron chi connectivity index (χ1n) is 9.20. The molecule has 0 saturated carbocycles. The molecule has 1 aliphatic rings. The topological polar surface area (TPSA) is 81.0 Å². The minimum atomic E-state index is -0.823. The van der Waals surface area contributed by atoms with Crippen molar-refractivity contribution in [2.75, 3.05) is 51.8 Å². The summed E-state index contributed by atoms with van der Waals surface area (Å²) in [5.41, 5.74) is 5.30. The highest BCUT2D eigenvalue weighted by Crippen LogP contribution is 2.27. The summed E-state index contributed by atoms with van der Waals surface area (Å²) in [5, 5.41) is 12.0. The van der Waals surface area contributed by atoms with Gasteiger partial charge in [0.2, 0.25) is 5.91 Å². The molecule has 2 heterocycles. The fourth-order valence-corrected chi connectivity index (χ4v) is 3.52. The SMILES string of the molecule is CNN(C)c1cn(CCC(=O)N2CCN(CC(=O)O)CC2)c2ccccc12. The molecule has 0 bridgehead atoms. The van der Waals surface area contributed by atoms with E-state index in [0.717, 1.165) is 16.6 Å². The summed E-state index contributed by atoms with van der Waals surface area (Å²) >= 11 is 0. The van der Waals surface area contributed by atoms with Crippen LogP contribution in [0.5, 0.6) is 0 Å². The number of para-hydroxylation sites is 1. The maximum atomic E-state index is 12.6. The normalized spacial score (nSPS) is 15.3. The van der Waals surface area contributed by atoms with Crippen molar-refractivity contribution in [1.29, 1.82) is 0 Å². The average Bonchev–Trinajstić information content (AvgIpc) is 3.04. The van der Waals surface area contributed by atoms with Crippen molar-refractivity contribution in [3.05, 3.63) is 30.5 Å². The number of fused-ring (bicyclic) bond motifs is 1. The molecule has 0 unspecified atom stereocenters. The van der Waals surface area contributed by atoms with Gasteiger partial charge in [-0.05, 0) is 6.07 Å². The Morgan fingerprint density at radius 2 is 1.89 bits per heavy atom. The zero-order valence-corrected chi connectivity index (χ0v) is 15.9. The number of nitrogens with zero attached hydrogens (tertiary/aromatic N) is 4. The largest absolute Gasteiger partial charge is 0.480 e. The van der Waals surface area contributed by atoms with E-state index in [1.165, 1.54) is 0 Å². The summed E-state index contributed by atoms with van der Waals surface area (Å²) < 4.78 is 2.12. The van der Waals surface area contributed by atoms with Crippen molar-refractivity contribution < 1.29 is 14.7 Å². The van der Waals surface area contributed by atoms with Gasteiger partial charge in [-0.25, -0.2) is 5.43 Å². The van der Waals surface area contributed by atoms with Gasteiger partial charge in [-0.1, -0.05) is 18.2 Å². The predicted octanol–water partition coefficient (Wildman–Crippen LogP) is 0.831. The fraction of sp³-hybridized carbons (Fsp3) is 0.474. The molecule has 1 aromatic carbocycles. The number of carboxylic acid groups (broad SMARTS) is 1. The van der Waals surface area contributed by atoms with Crippen LogP contribution in [0.4, 0.5) is 5.69 Å². The number of carboxylic acids is 1. The molecular weight excluding hydrogens is 346 g/mol. The number of benzene rings is 1. The number of carbonyl (C=O) groups excluding carboxylic acids is 1.